The van der Waals surface area contributed by atoms with Gasteiger partial charge in [-0.25, -0.2) is 4.39 Å². The zero-order chi connectivity index (χ0) is 10.7. The third-order valence-electron chi connectivity index (χ3n) is 2.95. The van der Waals surface area contributed by atoms with Gasteiger partial charge >= 0.3 is 0 Å². The molecule has 0 amide bonds. The Hall–Kier alpha value is -0.700. The summed E-state index contributed by atoms with van der Waals surface area (Å²) in [4.78, 5) is 0. The maximum absolute atomic E-state index is 13.0. The summed E-state index contributed by atoms with van der Waals surface area (Å²) >= 11 is 2.01. The summed E-state index contributed by atoms with van der Waals surface area (Å²) in [5, 5.41) is 0. The van der Waals surface area contributed by atoms with Crippen molar-refractivity contribution in [1.82, 2.24) is 0 Å². The summed E-state index contributed by atoms with van der Waals surface area (Å²) in [6.07, 6.45) is 3.41. The number of hydrogen-bond donors (Lipinski definition) is 1. The molecule has 15 heavy (non-hydrogen) atoms. The molecule has 0 bridgehead atoms. The summed E-state index contributed by atoms with van der Waals surface area (Å²) in [5.74, 6) is 2.99. The normalized spacial score (nSPS) is 17.9. The van der Waals surface area contributed by atoms with Gasteiger partial charge in [0.1, 0.15) is 5.82 Å². The Morgan fingerprint density at radius 3 is 2.80 bits per heavy atom. The van der Waals surface area contributed by atoms with Crippen LogP contribution in [0.2, 0.25) is 0 Å². The Kier molecular flexibility index (Phi) is 3.52. The minimum Gasteiger partial charge on any atom is -0.399 e. The molecular formula is C12H16FNS. The van der Waals surface area contributed by atoms with Crippen LogP contribution in [0.4, 0.5) is 10.1 Å². The summed E-state index contributed by atoms with van der Waals surface area (Å²) in [6.45, 7) is 0. The lowest BCUT2D eigenvalue weighted by Crippen LogP contribution is -2.13. The highest BCUT2D eigenvalue weighted by atomic mass is 32.2. The molecule has 1 aromatic rings. The van der Waals surface area contributed by atoms with Crippen LogP contribution in [-0.4, -0.2) is 11.5 Å². The Labute approximate surface area is 94.2 Å². The Balaban J connectivity index is 2.05. The molecular weight excluding hydrogens is 209 g/mol. The molecule has 2 N–H and O–H groups in total. The lowest BCUT2D eigenvalue weighted by molar-refractivity contribution is 0.487. The molecule has 1 saturated heterocycles. The molecule has 1 aliphatic heterocycles. The molecule has 0 aromatic heterocycles. The van der Waals surface area contributed by atoms with Gasteiger partial charge in [0.15, 0.2) is 0 Å². The number of halogens is 1. The van der Waals surface area contributed by atoms with Crippen molar-refractivity contribution >= 4 is 17.4 Å². The van der Waals surface area contributed by atoms with Crippen molar-refractivity contribution < 1.29 is 4.39 Å². The first kappa shape index (κ1) is 10.8. The van der Waals surface area contributed by atoms with Crippen LogP contribution in [0.15, 0.2) is 18.2 Å². The summed E-state index contributed by atoms with van der Waals surface area (Å²) in [7, 11) is 0. The Bertz CT molecular complexity index is 334. The zero-order valence-corrected chi connectivity index (χ0v) is 9.52. The van der Waals surface area contributed by atoms with Gasteiger partial charge in [0.05, 0.1) is 0 Å². The van der Waals surface area contributed by atoms with Gasteiger partial charge in [-0.2, -0.15) is 11.8 Å². The first-order chi connectivity index (χ1) is 7.25. The number of nitrogen functional groups attached to an aromatic ring is 1. The second-order valence-corrected chi connectivity index (χ2v) is 5.33. The third-order valence-corrected chi connectivity index (χ3v) is 4.00. The highest BCUT2D eigenvalue weighted by Crippen LogP contribution is 2.27. The lowest BCUT2D eigenvalue weighted by atomic mass is 9.93. The monoisotopic (exact) mass is 225 g/mol. The minimum absolute atomic E-state index is 0.176. The second-order valence-electron chi connectivity index (χ2n) is 4.10. The van der Waals surface area contributed by atoms with Crippen LogP contribution in [0, 0.1) is 11.7 Å². The molecule has 1 fully saturated rings. The van der Waals surface area contributed by atoms with E-state index in [1.165, 1.54) is 30.4 Å². The van der Waals surface area contributed by atoms with E-state index in [1.807, 2.05) is 11.8 Å². The van der Waals surface area contributed by atoms with Crippen LogP contribution in [-0.2, 0) is 6.42 Å². The molecule has 82 valence electrons. The maximum atomic E-state index is 13.0. The number of anilines is 1. The largest absolute Gasteiger partial charge is 0.399 e. The minimum atomic E-state index is -0.176. The number of thioether (sulfide) groups is 1. The molecule has 1 heterocycles. The molecule has 0 spiro atoms. The van der Waals surface area contributed by atoms with E-state index >= 15 is 0 Å². The average molecular weight is 225 g/mol. The van der Waals surface area contributed by atoms with E-state index in [1.54, 1.807) is 12.1 Å². The van der Waals surface area contributed by atoms with Crippen LogP contribution in [0.25, 0.3) is 0 Å². The molecule has 0 saturated carbocycles. The summed E-state index contributed by atoms with van der Waals surface area (Å²) in [5.41, 5.74) is 7.54. The van der Waals surface area contributed by atoms with Gasteiger partial charge in [-0.05, 0) is 60.4 Å². The molecule has 1 aliphatic rings. The standard InChI is InChI=1S/C12H16FNS/c13-11-1-2-12(14)10(8-11)7-9-3-5-15-6-4-9/h1-2,8-9H,3-7,14H2. The fourth-order valence-electron chi connectivity index (χ4n) is 2.01. The van der Waals surface area contributed by atoms with E-state index in [9.17, 15) is 4.39 Å². The van der Waals surface area contributed by atoms with E-state index in [2.05, 4.69) is 0 Å². The maximum Gasteiger partial charge on any atom is 0.123 e. The van der Waals surface area contributed by atoms with Crippen LogP contribution < -0.4 is 5.73 Å². The molecule has 1 nitrogen and oxygen atoms in total. The van der Waals surface area contributed by atoms with Gasteiger partial charge in [0.25, 0.3) is 0 Å². The lowest BCUT2D eigenvalue weighted by Gasteiger charge is -2.21. The van der Waals surface area contributed by atoms with Crippen molar-refractivity contribution in [2.45, 2.75) is 19.3 Å². The smallest absolute Gasteiger partial charge is 0.123 e. The summed E-state index contributed by atoms with van der Waals surface area (Å²) < 4.78 is 13.0. The van der Waals surface area contributed by atoms with E-state index in [4.69, 9.17) is 5.73 Å². The average Bonchev–Trinajstić information content (AvgIpc) is 2.25. The SMILES string of the molecule is Nc1ccc(F)cc1CC1CCSCC1. The van der Waals surface area contributed by atoms with Crippen LogP contribution in [0.3, 0.4) is 0 Å². The van der Waals surface area contributed by atoms with E-state index in [0.717, 1.165) is 17.7 Å². The second kappa shape index (κ2) is 4.88. The van der Waals surface area contributed by atoms with E-state index in [0.29, 0.717) is 5.92 Å². The van der Waals surface area contributed by atoms with Gasteiger partial charge in [0, 0.05) is 5.69 Å². The van der Waals surface area contributed by atoms with Crippen molar-refractivity contribution in [3.63, 3.8) is 0 Å². The third kappa shape index (κ3) is 2.88. The van der Waals surface area contributed by atoms with Crippen molar-refractivity contribution in [3.05, 3.63) is 29.6 Å². The molecule has 1 aromatic carbocycles. The van der Waals surface area contributed by atoms with E-state index in [-0.39, 0.29) is 5.82 Å². The van der Waals surface area contributed by atoms with Gasteiger partial charge in [-0.3, -0.25) is 0 Å². The quantitative estimate of drug-likeness (QED) is 0.783. The molecule has 0 radical (unpaired) electrons. The van der Waals surface area contributed by atoms with Crippen LogP contribution in [0.1, 0.15) is 18.4 Å². The molecule has 0 unspecified atom stereocenters. The number of nitrogens with two attached hydrogens (primary N) is 1. The number of rotatable bonds is 2. The predicted octanol–water partition coefficient (Wildman–Crippen LogP) is 3.09. The van der Waals surface area contributed by atoms with Gasteiger partial charge < -0.3 is 5.73 Å². The molecule has 2 rings (SSSR count). The van der Waals surface area contributed by atoms with Crippen molar-refractivity contribution in [3.8, 4) is 0 Å². The van der Waals surface area contributed by atoms with Gasteiger partial charge in [-0.1, -0.05) is 0 Å². The first-order valence-corrected chi connectivity index (χ1v) is 6.53. The van der Waals surface area contributed by atoms with Crippen LogP contribution in [0.5, 0.6) is 0 Å². The van der Waals surface area contributed by atoms with Gasteiger partial charge in [-0.15, -0.1) is 0 Å². The first-order valence-electron chi connectivity index (χ1n) is 5.37. The Morgan fingerprint density at radius 2 is 2.07 bits per heavy atom. The fraction of sp³-hybridized carbons (Fsp3) is 0.500. The number of benzene rings is 1. The van der Waals surface area contributed by atoms with Crippen LogP contribution >= 0.6 is 11.8 Å². The predicted molar refractivity (Wildman–Crippen MR) is 64.6 cm³/mol. The molecule has 3 heteroatoms. The fourth-order valence-corrected chi connectivity index (χ4v) is 3.22. The molecule has 0 aliphatic carbocycles. The highest BCUT2D eigenvalue weighted by Gasteiger charge is 2.15. The van der Waals surface area contributed by atoms with Gasteiger partial charge in [0.2, 0.25) is 0 Å². The zero-order valence-electron chi connectivity index (χ0n) is 8.71. The highest BCUT2D eigenvalue weighted by molar-refractivity contribution is 7.99. The molecule has 0 atom stereocenters. The Morgan fingerprint density at radius 1 is 1.33 bits per heavy atom. The van der Waals surface area contributed by atoms with Crippen molar-refractivity contribution in [1.29, 1.82) is 0 Å². The topological polar surface area (TPSA) is 26.0 Å². The van der Waals surface area contributed by atoms with Crippen molar-refractivity contribution in [2.75, 3.05) is 17.2 Å². The summed E-state index contributed by atoms with van der Waals surface area (Å²) in [6, 6.07) is 4.68. The number of hydrogen-bond acceptors (Lipinski definition) is 2. The van der Waals surface area contributed by atoms with E-state index < -0.39 is 0 Å². The van der Waals surface area contributed by atoms with Crippen molar-refractivity contribution in [2.24, 2.45) is 5.92 Å².